The Hall–Kier alpha value is -1.81. The molecule has 0 amide bonds. The SMILES string of the molecule is O=C(c1cccnc1)c1ccc(Cl)c(C(F)F)c1. The molecule has 0 aliphatic heterocycles. The summed E-state index contributed by atoms with van der Waals surface area (Å²) in [6, 6.07) is 7.02. The van der Waals surface area contributed by atoms with E-state index in [0.29, 0.717) is 5.56 Å². The third-order valence-corrected chi connectivity index (χ3v) is 2.76. The molecule has 18 heavy (non-hydrogen) atoms. The highest BCUT2D eigenvalue weighted by molar-refractivity contribution is 6.31. The molecule has 0 saturated carbocycles. The van der Waals surface area contributed by atoms with Gasteiger partial charge in [0.15, 0.2) is 5.78 Å². The van der Waals surface area contributed by atoms with E-state index < -0.39 is 6.43 Å². The van der Waals surface area contributed by atoms with E-state index in [2.05, 4.69) is 4.98 Å². The minimum Gasteiger partial charge on any atom is -0.289 e. The molecule has 0 atom stereocenters. The number of carbonyl (C=O) groups excluding carboxylic acids is 1. The maximum Gasteiger partial charge on any atom is 0.265 e. The van der Waals surface area contributed by atoms with Gasteiger partial charge in [-0.3, -0.25) is 9.78 Å². The van der Waals surface area contributed by atoms with Gasteiger partial charge in [-0.15, -0.1) is 0 Å². The van der Waals surface area contributed by atoms with Gasteiger partial charge in [-0.1, -0.05) is 11.6 Å². The lowest BCUT2D eigenvalue weighted by Gasteiger charge is -2.06. The first-order valence-corrected chi connectivity index (χ1v) is 5.49. The number of carbonyl (C=O) groups is 1. The molecule has 1 aromatic carbocycles. The molecule has 5 heteroatoms. The highest BCUT2D eigenvalue weighted by Crippen LogP contribution is 2.28. The van der Waals surface area contributed by atoms with Gasteiger partial charge < -0.3 is 0 Å². The lowest BCUT2D eigenvalue weighted by atomic mass is 10.0. The van der Waals surface area contributed by atoms with Gasteiger partial charge in [0, 0.05) is 34.1 Å². The second-order valence-corrected chi connectivity index (χ2v) is 4.02. The molecular formula is C13H8ClF2NO. The first-order valence-electron chi connectivity index (χ1n) is 5.12. The Morgan fingerprint density at radius 2 is 2.00 bits per heavy atom. The zero-order chi connectivity index (χ0) is 13.1. The summed E-state index contributed by atoms with van der Waals surface area (Å²) < 4.78 is 25.3. The minimum atomic E-state index is -2.71. The van der Waals surface area contributed by atoms with Crippen LogP contribution in [0.4, 0.5) is 8.78 Å². The van der Waals surface area contributed by atoms with Crippen LogP contribution in [0.1, 0.15) is 27.9 Å². The number of hydrogen-bond acceptors (Lipinski definition) is 2. The zero-order valence-corrected chi connectivity index (χ0v) is 9.86. The number of pyridine rings is 1. The van der Waals surface area contributed by atoms with Crippen LogP contribution >= 0.6 is 11.6 Å². The van der Waals surface area contributed by atoms with Crippen molar-refractivity contribution in [1.82, 2.24) is 4.98 Å². The summed E-state index contributed by atoms with van der Waals surface area (Å²) in [4.78, 5) is 15.8. The Kier molecular flexibility index (Phi) is 3.67. The molecule has 2 rings (SSSR count). The lowest BCUT2D eigenvalue weighted by Crippen LogP contribution is -2.02. The van der Waals surface area contributed by atoms with E-state index in [0.717, 1.165) is 6.07 Å². The van der Waals surface area contributed by atoms with Crippen molar-refractivity contribution in [2.45, 2.75) is 6.43 Å². The van der Waals surface area contributed by atoms with Crippen LogP contribution in [-0.2, 0) is 0 Å². The van der Waals surface area contributed by atoms with Gasteiger partial charge in [0.05, 0.1) is 0 Å². The molecule has 0 aliphatic carbocycles. The maximum absolute atomic E-state index is 12.7. The Balaban J connectivity index is 2.41. The van der Waals surface area contributed by atoms with E-state index >= 15 is 0 Å². The Labute approximate surface area is 107 Å². The molecule has 0 N–H and O–H groups in total. The second kappa shape index (κ2) is 5.23. The van der Waals surface area contributed by atoms with Crippen LogP contribution in [-0.4, -0.2) is 10.8 Å². The van der Waals surface area contributed by atoms with Crippen molar-refractivity contribution in [3.05, 3.63) is 64.4 Å². The van der Waals surface area contributed by atoms with E-state index in [1.807, 2.05) is 0 Å². The number of hydrogen-bond donors (Lipinski definition) is 0. The number of benzene rings is 1. The molecule has 2 aromatic rings. The largest absolute Gasteiger partial charge is 0.289 e. The van der Waals surface area contributed by atoms with Crippen LogP contribution in [0, 0.1) is 0 Å². The van der Waals surface area contributed by atoms with Gasteiger partial charge in [-0.05, 0) is 30.3 Å². The number of aromatic nitrogens is 1. The van der Waals surface area contributed by atoms with E-state index in [1.165, 1.54) is 24.5 Å². The summed E-state index contributed by atoms with van der Waals surface area (Å²) in [6.45, 7) is 0. The molecule has 0 radical (unpaired) electrons. The van der Waals surface area contributed by atoms with Crippen LogP contribution in [0.15, 0.2) is 42.7 Å². The summed E-state index contributed by atoms with van der Waals surface area (Å²) in [6.07, 6.45) is 0.210. The molecule has 92 valence electrons. The Morgan fingerprint density at radius 3 is 2.61 bits per heavy atom. The molecule has 0 aliphatic rings. The van der Waals surface area contributed by atoms with Crippen molar-refractivity contribution >= 4 is 17.4 Å². The third-order valence-electron chi connectivity index (χ3n) is 2.42. The summed E-state index contributed by atoms with van der Waals surface area (Å²) in [5, 5.41) is -0.0484. The van der Waals surface area contributed by atoms with Gasteiger partial charge in [-0.2, -0.15) is 0 Å². The normalized spacial score (nSPS) is 10.7. The highest BCUT2D eigenvalue weighted by atomic mass is 35.5. The summed E-state index contributed by atoms with van der Waals surface area (Å²) >= 11 is 5.64. The number of alkyl halides is 2. The molecule has 0 spiro atoms. The Morgan fingerprint density at radius 1 is 1.22 bits per heavy atom. The second-order valence-electron chi connectivity index (χ2n) is 3.61. The highest BCUT2D eigenvalue weighted by Gasteiger charge is 2.16. The van der Waals surface area contributed by atoms with E-state index in [-0.39, 0.29) is 21.9 Å². The van der Waals surface area contributed by atoms with Gasteiger partial charge in [0.2, 0.25) is 0 Å². The van der Waals surface area contributed by atoms with Gasteiger partial charge in [-0.25, -0.2) is 8.78 Å². The number of halogens is 3. The fraction of sp³-hybridized carbons (Fsp3) is 0.0769. The number of rotatable bonds is 3. The molecular weight excluding hydrogens is 260 g/mol. The monoisotopic (exact) mass is 267 g/mol. The van der Waals surface area contributed by atoms with Crippen molar-refractivity contribution in [1.29, 1.82) is 0 Å². The summed E-state index contributed by atoms with van der Waals surface area (Å²) in [5.41, 5.74) is 0.175. The molecule has 0 unspecified atom stereocenters. The molecule has 1 aromatic heterocycles. The van der Waals surface area contributed by atoms with E-state index in [4.69, 9.17) is 11.6 Å². The molecule has 2 nitrogen and oxygen atoms in total. The summed E-state index contributed by atoms with van der Waals surface area (Å²) in [7, 11) is 0. The molecule has 0 fully saturated rings. The van der Waals surface area contributed by atoms with E-state index in [1.54, 1.807) is 12.1 Å². The van der Waals surface area contributed by atoms with Crippen LogP contribution in [0.3, 0.4) is 0 Å². The first kappa shape index (κ1) is 12.6. The van der Waals surface area contributed by atoms with Crippen LogP contribution < -0.4 is 0 Å². The summed E-state index contributed by atoms with van der Waals surface area (Å²) in [5.74, 6) is -0.360. The predicted molar refractivity (Wildman–Crippen MR) is 64.1 cm³/mol. The van der Waals surface area contributed by atoms with Crippen molar-refractivity contribution in [3.8, 4) is 0 Å². The third kappa shape index (κ3) is 2.54. The van der Waals surface area contributed by atoms with Crippen molar-refractivity contribution in [2.75, 3.05) is 0 Å². The average molecular weight is 268 g/mol. The molecule has 0 saturated heterocycles. The number of ketones is 1. The molecule has 1 heterocycles. The van der Waals surface area contributed by atoms with Gasteiger partial charge >= 0.3 is 0 Å². The van der Waals surface area contributed by atoms with Gasteiger partial charge in [0.1, 0.15) is 0 Å². The minimum absolute atomic E-state index is 0.0484. The predicted octanol–water partition coefficient (Wildman–Crippen LogP) is 3.90. The molecule has 0 bridgehead atoms. The van der Waals surface area contributed by atoms with E-state index in [9.17, 15) is 13.6 Å². The van der Waals surface area contributed by atoms with Crippen molar-refractivity contribution in [3.63, 3.8) is 0 Å². The lowest BCUT2D eigenvalue weighted by molar-refractivity contribution is 0.103. The standard InChI is InChI=1S/C13H8ClF2NO/c14-11-4-3-8(6-10(11)13(15)16)12(18)9-2-1-5-17-7-9/h1-7,13H. The maximum atomic E-state index is 12.7. The van der Waals surface area contributed by atoms with Crippen molar-refractivity contribution in [2.24, 2.45) is 0 Å². The average Bonchev–Trinajstić information content (AvgIpc) is 2.39. The van der Waals surface area contributed by atoms with Crippen molar-refractivity contribution < 1.29 is 13.6 Å². The smallest absolute Gasteiger partial charge is 0.265 e. The van der Waals surface area contributed by atoms with Crippen LogP contribution in [0.5, 0.6) is 0 Å². The van der Waals surface area contributed by atoms with Crippen LogP contribution in [0.25, 0.3) is 0 Å². The quantitative estimate of drug-likeness (QED) is 0.790. The first-order chi connectivity index (χ1) is 8.59. The fourth-order valence-electron chi connectivity index (χ4n) is 1.52. The Bertz CT molecular complexity index is 572. The topological polar surface area (TPSA) is 30.0 Å². The fourth-order valence-corrected chi connectivity index (χ4v) is 1.72. The van der Waals surface area contributed by atoms with Crippen LogP contribution in [0.2, 0.25) is 5.02 Å². The van der Waals surface area contributed by atoms with Gasteiger partial charge in [0.25, 0.3) is 6.43 Å². The zero-order valence-electron chi connectivity index (χ0n) is 9.11. The number of nitrogens with zero attached hydrogens (tertiary/aromatic N) is 1.